The van der Waals surface area contributed by atoms with Gasteiger partial charge in [-0.2, -0.15) is 0 Å². The molecule has 2 heterocycles. The van der Waals surface area contributed by atoms with Crippen LogP contribution in [0.25, 0.3) is 0 Å². The van der Waals surface area contributed by atoms with Gasteiger partial charge in [0.25, 0.3) is 0 Å². The Kier molecular flexibility index (Phi) is 3.36. The number of hydrogen-bond acceptors (Lipinski definition) is 2. The summed E-state index contributed by atoms with van der Waals surface area (Å²) in [6, 6.07) is 0. The lowest BCUT2D eigenvalue weighted by Crippen LogP contribution is -2.29. The first-order valence-electron chi connectivity index (χ1n) is 6.54. The molecular weight excluding hydrogens is 184 g/mol. The van der Waals surface area contributed by atoms with Crippen molar-refractivity contribution >= 4 is 0 Å². The highest BCUT2D eigenvalue weighted by atomic mass is 15.2. The largest absolute Gasteiger partial charge is 0.316 e. The molecule has 0 aromatic rings. The normalized spacial score (nSPS) is 32.2. The zero-order valence-electron chi connectivity index (χ0n) is 10.6. The fraction of sp³-hybridized carbons (Fsp3) is 1.00. The molecule has 2 atom stereocenters. The lowest BCUT2D eigenvalue weighted by atomic mass is 9.86. The first-order valence-corrected chi connectivity index (χ1v) is 6.54. The van der Waals surface area contributed by atoms with E-state index < -0.39 is 0 Å². The molecule has 0 bridgehead atoms. The molecule has 0 spiro atoms. The van der Waals surface area contributed by atoms with Crippen molar-refractivity contribution in [3.05, 3.63) is 0 Å². The summed E-state index contributed by atoms with van der Waals surface area (Å²) in [5.74, 6) is 1.91. The number of fused-ring (bicyclic) bond motifs is 1. The Balaban J connectivity index is 1.73. The molecule has 88 valence electrons. The van der Waals surface area contributed by atoms with Gasteiger partial charge in [0.2, 0.25) is 0 Å². The second kappa shape index (κ2) is 4.42. The van der Waals surface area contributed by atoms with Crippen LogP contribution in [0.5, 0.6) is 0 Å². The summed E-state index contributed by atoms with van der Waals surface area (Å²) in [4.78, 5) is 2.69. The average Bonchev–Trinajstić information content (AvgIpc) is 2.74. The van der Waals surface area contributed by atoms with Crippen LogP contribution in [0.1, 0.15) is 33.6 Å². The number of likely N-dealkylation sites (tertiary alicyclic amines) is 1. The quantitative estimate of drug-likeness (QED) is 0.763. The lowest BCUT2D eigenvalue weighted by molar-refractivity contribution is 0.233. The lowest BCUT2D eigenvalue weighted by Gasteiger charge is -2.26. The molecule has 0 aromatic carbocycles. The van der Waals surface area contributed by atoms with Crippen LogP contribution >= 0.6 is 0 Å². The maximum atomic E-state index is 3.50. The molecule has 2 heteroatoms. The number of rotatable bonds is 4. The van der Waals surface area contributed by atoms with E-state index in [0.29, 0.717) is 5.41 Å². The first-order chi connectivity index (χ1) is 7.11. The molecule has 0 amide bonds. The highest BCUT2D eigenvalue weighted by molar-refractivity contribution is 4.91. The van der Waals surface area contributed by atoms with Crippen molar-refractivity contribution in [3.63, 3.8) is 0 Å². The van der Waals surface area contributed by atoms with Gasteiger partial charge in [0.1, 0.15) is 0 Å². The van der Waals surface area contributed by atoms with Gasteiger partial charge in [-0.25, -0.2) is 0 Å². The third kappa shape index (κ3) is 2.73. The second-order valence-corrected chi connectivity index (χ2v) is 6.21. The third-order valence-electron chi connectivity index (χ3n) is 4.53. The van der Waals surface area contributed by atoms with Gasteiger partial charge in [-0.1, -0.05) is 27.2 Å². The highest BCUT2D eigenvalue weighted by Crippen LogP contribution is 2.29. The van der Waals surface area contributed by atoms with E-state index in [4.69, 9.17) is 0 Å². The van der Waals surface area contributed by atoms with Crippen LogP contribution in [0.4, 0.5) is 0 Å². The minimum atomic E-state index is 0.538. The van der Waals surface area contributed by atoms with E-state index in [0.717, 1.165) is 11.8 Å². The van der Waals surface area contributed by atoms with Crippen LogP contribution < -0.4 is 5.32 Å². The van der Waals surface area contributed by atoms with Crippen LogP contribution in [0.2, 0.25) is 0 Å². The monoisotopic (exact) mass is 210 g/mol. The zero-order valence-corrected chi connectivity index (χ0v) is 10.6. The summed E-state index contributed by atoms with van der Waals surface area (Å²) in [5.41, 5.74) is 0.538. The van der Waals surface area contributed by atoms with Crippen LogP contribution in [0, 0.1) is 17.3 Å². The minimum Gasteiger partial charge on any atom is -0.316 e. The Morgan fingerprint density at radius 2 is 1.80 bits per heavy atom. The Hall–Kier alpha value is -0.0800. The summed E-state index contributed by atoms with van der Waals surface area (Å²) < 4.78 is 0. The molecule has 0 radical (unpaired) electrons. The Morgan fingerprint density at radius 3 is 2.33 bits per heavy atom. The molecule has 0 saturated carbocycles. The average molecular weight is 210 g/mol. The van der Waals surface area contributed by atoms with Gasteiger partial charge >= 0.3 is 0 Å². The molecule has 0 unspecified atom stereocenters. The SMILES string of the molecule is CCC(C)(C)CCN1C[C@H]2CNC[C@H]2C1. The van der Waals surface area contributed by atoms with Crippen molar-refractivity contribution in [3.8, 4) is 0 Å². The van der Waals surface area contributed by atoms with Crippen molar-refractivity contribution in [1.82, 2.24) is 10.2 Å². The van der Waals surface area contributed by atoms with Crippen LogP contribution in [0.3, 0.4) is 0 Å². The van der Waals surface area contributed by atoms with E-state index in [9.17, 15) is 0 Å². The topological polar surface area (TPSA) is 15.3 Å². The summed E-state index contributed by atoms with van der Waals surface area (Å²) in [6.45, 7) is 13.6. The van der Waals surface area contributed by atoms with Gasteiger partial charge < -0.3 is 10.2 Å². The summed E-state index contributed by atoms with van der Waals surface area (Å²) >= 11 is 0. The number of hydrogen-bond donors (Lipinski definition) is 1. The maximum absolute atomic E-state index is 3.50. The van der Waals surface area contributed by atoms with E-state index >= 15 is 0 Å². The van der Waals surface area contributed by atoms with Gasteiger partial charge in [0.15, 0.2) is 0 Å². The Morgan fingerprint density at radius 1 is 1.20 bits per heavy atom. The fourth-order valence-electron chi connectivity index (χ4n) is 2.77. The van der Waals surface area contributed by atoms with E-state index in [1.165, 1.54) is 45.6 Å². The number of nitrogens with zero attached hydrogens (tertiary/aromatic N) is 1. The van der Waals surface area contributed by atoms with Crippen molar-refractivity contribution in [2.75, 3.05) is 32.7 Å². The second-order valence-electron chi connectivity index (χ2n) is 6.21. The van der Waals surface area contributed by atoms with Crippen LogP contribution in [-0.2, 0) is 0 Å². The molecule has 0 aromatic heterocycles. The van der Waals surface area contributed by atoms with Gasteiger partial charge in [0.05, 0.1) is 0 Å². The molecule has 2 aliphatic rings. The first kappa shape index (κ1) is 11.4. The molecular formula is C13H26N2. The summed E-state index contributed by atoms with van der Waals surface area (Å²) in [6.07, 6.45) is 2.66. The molecule has 1 N–H and O–H groups in total. The van der Waals surface area contributed by atoms with Crippen molar-refractivity contribution in [2.24, 2.45) is 17.3 Å². The summed E-state index contributed by atoms with van der Waals surface area (Å²) in [5, 5.41) is 3.50. The molecule has 2 aliphatic heterocycles. The van der Waals surface area contributed by atoms with Gasteiger partial charge in [-0.3, -0.25) is 0 Å². The molecule has 15 heavy (non-hydrogen) atoms. The van der Waals surface area contributed by atoms with E-state index in [1.807, 2.05) is 0 Å². The Bertz CT molecular complexity index is 201. The standard InChI is InChI=1S/C13H26N2/c1-4-13(2,3)5-6-15-9-11-7-14-8-12(11)10-15/h11-12,14H,4-10H2,1-3H3/t11-,12+. The third-order valence-corrected chi connectivity index (χ3v) is 4.53. The van der Waals surface area contributed by atoms with E-state index in [-0.39, 0.29) is 0 Å². The summed E-state index contributed by atoms with van der Waals surface area (Å²) in [7, 11) is 0. The van der Waals surface area contributed by atoms with Crippen LogP contribution in [-0.4, -0.2) is 37.6 Å². The maximum Gasteiger partial charge on any atom is 0.00255 e. The van der Waals surface area contributed by atoms with Crippen LogP contribution in [0.15, 0.2) is 0 Å². The van der Waals surface area contributed by atoms with E-state index in [1.54, 1.807) is 0 Å². The Labute approximate surface area is 94.4 Å². The van der Waals surface area contributed by atoms with Crippen molar-refractivity contribution in [2.45, 2.75) is 33.6 Å². The van der Waals surface area contributed by atoms with Gasteiger partial charge in [0, 0.05) is 13.1 Å². The minimum absolute atomic E-state index is 0.538. The van der Waals surface area contributed by atoms with E-state index in [2.05, 4.69) is 31.0 Å². The molecule has 2 saturated heterocycles. The molecule has 2 nitrogen and oxygen atoms in total. The van der Waals surface area contributed by atoms with Gasteiger partial charge in [-0.15, -0.1) is 0 Å². The van der Waals surface area contributed by atoms with Gasteiger partial charge in [-0.05, 0) is 43.3 Å². The molecule has 2 rings (SSSR count). The predicted molar refractivity (Wildman–Crippen MR) is 65.0 cm³/mol. The fourth-order valence-corrected chi connectivity index (χ4v) is 2.77. The van der Waals surface area contributed by atoms with Crippen molar-refractivity contribution < 1.29 is 0 Å². The highest BCUT2D eigenvalue weighted by Gasteiger charge is 2.36. The molecule has 0 aliphatic carbocycles. The number of nitrogens with one attached hydrogen (secondary N) is 1. The molecule has 2 fully saturated rings. The smallest absolute Gasteiger partial charge is 0.00255 e. The van der Waals surface area contributed by atoms with Crippen molar-refractivity contribution in [1.29, 1.82) is 0 Å². The predicted octanol–water partition coefficient (Wildman–Crippen LogP) is 1.96. The zero-order chi connectivity index (χ0) is 10.9.